The second kappa shape index (κ2) is 13.4. The van der Waals surface area contributed by atoms with Gasteiger partial charge in [0.2, 0.25) is 11.8 Å². The standard InChI is InChI=1S/C25H45N5O4S/c1-6-14-34-24(33)29-20(25(4,5)35-16(2)3)23(32)30-13-7-8-19(30)22(31)28-15-17-9-11-18(12-10-17)21(26)27/h16-20H,6-15H2,1-5H3,(H3,26,27)(H,28,31)(H,29,33)/t17?,18?,19-,20-/m0/s1. The Morgan fingerprint density at radius 1 is 1.17 bits per heavy atom. The molecular formula is C25H45N5O4S. The number of carbonyl (C=O) groups is 3. The van der Waals surface area contributed by atoms with Crippen LogP contribution in [0.5, 0.6) is 0 Å². The lowest BCUT2D eigenvalue weighted by Gasteiger charge is -2.38. The van der Waals surface area contributed by atoms with Gasteiger partial charge in [0, 0.05) is 23.8 Å². The van der Waals surface area contributed by atoms with Crippen LogP contribution in [-0.2, 0) is 14.3 Å². The Hall–Kier alpha value is -1.97. The zero-order chi connectivity index (χ0) is 26.2. The molecule has 1 saturated carbocycles. The fraction of sp³-hybridized carbons (Fsp3) is 0.840. The summed E-state index contributed by atoms with van der Waals surface area (Å²) < 4.78 is 4.62. The van der Waals surface area contributed by atoms with Crippen LogP contribution in [0.15, 0.2) is 0 Å². The van der Waals surface area contributed by atoms with E-state index in [1.54, 1.807) is 16.7 Å². The topological polar surface area (TPSA) is 138 Å². The van der Waals surface area contributed by atoms with Gasteiger partial charge in [0.1, 0.15) is 12.1 Å². The molecule has 0 spiro atoms. The van der Waals surface area contributed by atoms with Crippen molar-refractivity contribution >= 4 is 35.5 Å². The molecule has 2 fully saturated rings. The lowest BCUT2D eigenvalue weighted by molar-refractivity contribution is -0.140. The normalized spacial score (nSPS) is 23.6. The van der Waals surface area contributed by atoms with Crippen LogP contribution in [0, 0.1) is 17.2 Å². The molecule has 1 aliphatic heterocycles. The summed E-state index contributed by atoms with van der Waals surface area (Å²) in [5.41, 5.74) is 5.64. The average molecular weight is 512 g/mol. The van der Waals surface area contributed by atoms with Crippen LogP contribution in [0.25, 0.3) is 0 Å². The first-order valence-corrected chi connectivity index (χ1v) is 13.9. The number of alkyl carbamates (subject to hydrolysis) is 1. The Balaban J connectivity index is 2.04. The van der Waals surface area contributed by atoms with E-state index >= 15 is 0 Å². The minimum absolute atomic E-state index is 0.133. The van der Waals surface area contributed by atoms with E-state index in [2.05, 4.69) is 24.5 Å². The lowest BCUT2D eigenvalue weighted by atomic mass is 9.81. The number of nitrogens with one attached hydrogen (secondary N) is 3. The number of nitrogens with two attached hydrogens (primary N) is 1. The van der Waals surface area contributed by atoms with Gasteiger partial charge in [0.25, 0.3) is 0 Å². The van der Waals surface area contributed by atoms with Crippen LogP contribution in [0.4, 0.5) is 4.79 Å². The van der Waals surface area contributed by atoms with Gasteiger partial charge in [-0.05, 0) is 70.0 Å². The summed E-state index contributed by atoms with van der Waals surface area (Å²) in [5, 5.41) is 13.7. The Kier molecular flexibility index (Phi) is 11.2. The molecular weight excluding hydrogens is 466 g/mol. The summed E-state index contributed by atoms with van der Waals surface area (Å²) in [7, 11) is 0. The highest BCUT2D eigenvalue weighted by Crippen LogP contribution is 2.34. The van der Waals surface area contributed by atoms with Gasteiger partial charge in [0.15, 0.2) is 0 Å². The highest BCUT2D eigenvalue weighted by Gasteiger charge is 2.44. The summed E-state index contributed by atoms with van der Waals surface area (Å²) in [6.45, 7) is 11.3. The summed E-state index contributed by atoms with van der Waals surface area (Å²) in [6, 6.07) is -1.35. The summed E-state index contributed by atoms with van der Waals surface area (Å²) in [6.07, 6.45) is 5.08. The monoisotopic (exact) mass is 511 g/mol. The predicted molar refractivity (Wildman–Crippen MR) is 140 cm³/mol. The zero-order valence-electron chi connectivity index (χ0n) is 22.0. The minimum Gasteiger partial charge on any atom is -0.450 e. The van der Waals surface area contributed by atoms with E-state index in [0.717, 1.165) is 32.1 Å². The maximum Gasteiger partial charge on any atom is 0.407 e. The van der Waals surface area contributed by atoms with E-state index in [1.165, 1.54) is 0 Å². The molecule has 5 N–H and O–H groups in total. The van der Waals surface area contributed by atoms with Crippen molar-refractivity contribution in [1.29, 1.82) is 5.41 Å². The summed E-state index contributed by atoms with van der Waals surface area (Å²) in [4.78, 5) is 40.9. The SMILES string of the molecule is CCCOC(=O)N[C@@H](C(=O)N1CCC[C@H]1C(=O)NCC1CCC(C(=N)N)CC1)C(C)(C)SC(C)C. The van der Waals surface area contributed by atoms with Gasteiger partial charge in [-0.3, -0.25) is 15.0 Å². The molecule has 2 aliphatic rings. The van der Waals surface area contributed by atoms with Crippen molar-refractivity contribution in [2.75, 3.05) is 19.7 Å². The molecule has 10 heteroatoms. The number of rotatable bonds is 11. The van der Waals surface area contributed by atoms with E-state index in [1.807, 2.05) is 20.8 Å². The largest absolute Gasteiger partial charge is 0.450 e. The van der Waals surface area contributed by atoms with Crippen molar-refractivity contribution in [2.24, 2.45) is 17.6 Å². The van der Waals surface area contributed by atoms with Gasteiger partial charge in [-0.1, -0.05) is 20.8 Å². The first kappa shape index (κ1) is 29.3. The van der Waals surface area contributed by atoms with E-state index in [-0.39, 0.29) is 35.4 Å². The number of hydrogen-bond acceptors (Lipinski definition) is 6. The fourth-order valence-electron chi connectivity index (χ4n) is 5.07. The molecule has 2 rings (SSSR count). The molecule has 0 aromatic carbocycles. The van der Waals surface area contributed by atoms with Crippen LogP contribution in [0.2, 0.25) is 0 Å². The molecule has 0 radical (unpaired) electrons. The quantitative estimate of drug-likeness (QED) is 0.248. The predicted octanol–water partition coefficient (Wildman–Crippen LogP) is 3.26. The summed E-state index contributed by atoms with van der Waals surface area (Å²) >= 11 is 1.62. The molecule has 0 aromatic heterocycles. The molecule has 35 heavy (non-hydrogen) atoms. The third-order valence-electron chi connectivity index (χ3n) is 6.87. The van der Waals surface area contributed by atoms with Crippen molar-refractivity contribution in [2.45, 2.75) is 102 Å². The molecule has 1 aliphatic carbocycles. The van der Waals surface area contributed by atoms with Crippen LogP contribution in [0.1, 0.15) is 79.6 Å². The Morgan fingerprint density at radius 3 is 2.40 bits per heavy atom. The highest BCUT2D eigenvalue weighted by atomic mass is 32.2. The minimum atomic E-state index is -0.811. The van der Waals surface area contributed by atoms with Crippen LogP contribution in [-0.4, -0.2) is 70.4 Å². The van der Waals surface area contributed by atoms with Crippen LogP contribution in [0.3, 0.4) is 0 Å². The number of likely N-dealkylation sites (tertiary alicyclic amines) is 1. The van der Waals surface area contributed by atoms with Gasteiger partial charge < -0.3 is 26.0 Å². The average Bonchev–Trinajstić information content (AvgIpc) is 3.28. The number of carbonyl (C=O) groups excluding carboxylic acids is 3. The molecule has 0 unspecified atom stereocenters. The molecule has 200 valence electrons. The van der Waals surface area contributed by atoms with E-state index in [4.69, 9.17) is 15.9 Å². The molecule has 2 atom stereocenters. The first-order chi connectivity index (χ1) is 16.5. The van der Waals surface area contributed by atoms with Crippen molar-refractivity contribution in [3.05, 3.63) is 0 Å². The number of thioether (sulfide) groups is 1. The number of hydrogen-bond donors (Lipinski definition) is 4. The molecule has 9 nitrogen and oxygen atoms in total. The Morgan fingerprint density at radius 2 is 1.83 bits per heavy atom. The number of ether oxygens (including phenoxy) is 1. The zero-order valence-corrected chi connectivity index (χ0v) is 22.8. The second-order valence-corrected chi connectivity index (χ2v) is 12.8. The van der Waals surface area contributed by atoms with Gasteiger partial charge >= 0.3 is 6.09 Å². The maximum absolute atomic E-state index is 13.7. The smallest absolute Gasteiger partial charge is 0.407 e. The molecule has 0 aromatic rings. The lowest BCUT2D eigenvalue weighted by Crippen LogP contribution is -2.60. The highest BCUT2D eigenvalue weighted by molar-refractivity contribution is 8.01. The van der Waals surface area contributed by atoms with Crippen molar-refractivity contribution in [1.82, 2.24) is 15.5 Å². The van der Waals surface area contributed by atoms with E-state index in [9.17, 15) is 14.4 Å². The van der Waals surface area contributed by atoms with E-state index < -0.39 is 22.9 Å². The van der Waals surface area contributed by atoms with Crippen molar-refractivity contribution in [3.63, 3.8) is 0 Å². The number of amidine groups is 1. The van der Waals surface area contributed by atoms with E-state index in [0.29, 0.717) is 31.8 Å². The molecule has 3 amide bonds. The van der Waals surface area contributed by atoms with Gasteiger partial charge in [-0.25, -0.2) is 4.79 Å². The number of amides is 3. The van der Waals surface area contributed by atoms with Crippen LogP contribution < -0.4 is 16.4 Å². The number of nitrogens with zero attached hydrogens (tertiary/aromatic N) is 1. The molecule has 1 heterocycles. The molecule has 0 bridgehead atoms. The third-order valence-corrected chi connectivity index (χ3v) is 8.19. The second-order valence-electron chi connectivity index (χ2n) is 10.6. The van der Waals surface area contributed by atoms with Gasteiger partial charge in [-0.15, -0.1) is 0 Å². The Labute approximate surface area is 214 Å². The third kappa shape index (κ3) is 8.58. The maximum atomic E-state index is 13.7. The van der Waals surface area contributed by atoms with Crippen molar-refractivity contribution in [3.8, 4) is 0 Å². The van der Waals surface area contributed by atoms with Gasteiger partial charge in [-0.2, -0.15) is 11.8 Å². The van der Waals surface area contributed by atoms with Crippen LogP contribution >= 0.6 is 11.8 Å². The van der Waals surface area contributed by atoms with Crippen molar-refractivity contribution < 1.29 is 19.1 Å². The summed E-state index contributed by atoms with van der Waals surface area (Å²) in [5.74, 6) is 0.407. The van der Waals surface area contributed by atoms with Gasteiger partial charge in [0.05, 0.1) is 12.4 Å². The fourth-order valence-corrected chi connectivity index (χ4v) is 6.58. The Bertz CT molecular complexity index is 752. The molecule has 1 saturated heterocycles. The first-order valence-electron chi connectivity index (χ1n) is 13.0.